The molecule has 1 fully saturated rings. The zero-order valence-electron chi connectivity index (χ0n) is 9.21. The molecule has 1 aliphatic carbocycles. The summed E-state index contributed by atoms with van der Waals surface area (Å²) in [6.07, 6.45) is 4.20. The number of rotatable bonds is 2. The third kappa shape index (κ3) is 2.88. The van der Waals surface area contributed by atoms with Gasteiger partial charge in [-0.25, -0.2) is 0 Å². The second-order valence-corrected chi connectivity index (χ2v) is 6.11. The predicted molar refractivity (Wildman–Crippen MR) is 60.4 cm³/mol. The molecule has 1 nitrogen and oxygen atoms in total. The van der Waals surface area contributed by atoms with Crippen molar-refractivity contribution in [2.75, 3.05) is 7.11 Å². The molecule has 0 bridgehead atoms. The Morgan fingerprint density at radius 1 is 1.31 bits per heavy atom. The lowest BCUT2D eigenvalue weighted by Gasteiger charge is -2.41. The summed E-state index contributed by atoms with van der Waals surface area (Å²) < 4.78 is 5.65. The summed E-state index contributed by atoms with van der Waals surface area (Å²) in [6.45, 7) is 6.71. The van der Waals surface area contributed by atoms with Crippen LogP contribution < -0.4 is 0 Å². The van der Waals surface area contributed by atoms with E-state index in [4.69, 9.17) is 4.74 Å². The van der Waals surface area contributed by atoms with Gasteiger partial charge in [-0.3, -0.25) is 0 Å². The molecule has 0 saturated heterocycles. The van der Waals surface area contributed by atoms with E-state index in [0.29, 0.717) is 12.0 Å². The average Bonchev–Trinajstić information content (AvgIpc) is 2.01. The van der Waals surface area contributed by atoms with E-state index < -0.39 is 0 Å². The molecule has 1 aliphatic rings. The first-order valence-electron chi connectivity index (χ1n) is 5.20. The second kappa shape index (κ2) is 4.22. The lowest BCUT2D eigenvalue weighted by Crippen LogP contribution is -2.40. The van der Waals surface area contributed by atoms with Crippen LogP contribution in [0.1, 0.15) is 40.0 Å². The van der Waals surface area contributed by atoms with E-state index in [2.05, 4.69) is 33.4 Å². The molecule has 1 saturated carbocycles. The van der Waals surface area contributed by atoms with Gasteiger partial charge in [0.05, 0.1) is 6.10 Å². The molecule has 0 aromatic carbocycles. The summed E-state index contributed by atoms with van der Waals surface area (Å²) in [4.78, 5) is 0. The summed E-state index contributed by atoms with van der Waals surface area (Å²) in [6, 6.07) is 0. The number of hydrogen-bond acceptors (Lipinski definition) is 2. The third-order valence-electron chi connectivity index (χ3n) is 3.26. The van der Waals surface area contributed by atoms with Crippen molar-refractivity contribution in [3.63, 3.8) is 0 Å². The molecule has 78 valence electrons. The van der Waals surface area contributed by atoms with Crippen molar-refractivity contribution >= 4 is 12.6 Å². The predicted octanol–water partition coefficient (Wildman–Crippen LogP) is 3.15. The number of thiol groups is 1. The molecule has 0 N–H and O–H groups in total. The van der Waals surface area contributed by atoms with Crippen LogP contribution in [0.3, 0.4) is 0 Å². The highest BCUT2D eigenvalue weighted by Gasteiger charge is 2.36. The molecular formula is C11H22OS. The van der Waals surface area contributed by atoms with Crippen molar-refractivity contribution in [1.29, 1.82) is 0 Å². The quantitative estimate of drug-likeness (QED) is 0.677. The van der Waals surface area contributed by atoms with Gasteiger partial charge < -0.3 is 4.74 Å². The van der Waals surface area contributed by atoms with Crippen LogP contribution in [0.2, 0.25) is 0 Å². The Labute approximate surface area is 87.7 Å². The van der Waals surface area contributed by atoms with Crippen molar-refractivity contribution in [1.82, 2.24) is 0 Å². The molecule has 2 heteroatoms. The Hall–Kier alpha value is 0.310. The molecular weight excluding hydrogens is 180 g/mol. The maximum Gasteiger partial charge on any atom is 0.0615 e. The Bertz CT molecular complexity index is 162. The maximum absolute atomic E-state index is 5.55. The fourth-order valence-corrected chi connectivity index (χ4v) is 2.69. The molecule has 1 rings (SSSR count). The fraction of sp³-hybridized carbons (Fsp3) is 1.00. The topological polar surface area (TPSA) is 9.23 Å². The Morgan fingerprint density at radius 3 is 2.38 bits per heavy atom. The van der Waals surface area contributed by atoms with Gasteiger partial charge in [0.15, 0.2) is 0 Å². The molecule has 0 spiro atoms. The first-order chi connectivity index (χ1) is 5.95. The van der Waals surface area contributed by atoms with E-state index >= 15 is 0 Å². The molecule has 13 heavy (non-hydrogen) atoms. The van der Waals surface area contributed by atoms with E-state index in [0.717, 1.165) is 5.92 Å². The van der Waals surface area contributed by atoms with Crippen molar-refractivity contribution in [2.45, 2.75) is 50.9 Å². The SMILES string of the molecule is COC1CC(C)CCC1C(C)(C)S. The average molecular weight is 202 g/mol. The summed E-state index contributed by atoms with van der Waals surface area (Å²) >= 11 is 4.66. The highest BCUT2D eigenvalue weighted by atomic mass is 32.1. The van der Waals surface area contributed by atoms with Gasteiger partial charge in [0.25, 0.3) is 0 Å². The van der Waals surface area contributed by atoms with Gasteiger partial charge in [-0.15, -0.1) is 0 Å². The van der Waals surface area contributed by atoms with Gasteiger partial charge in [0.2, 0.25) is 0 Å². The fourth-order valence-electron chi connectivity index (χ4n) is 2.40. The van der Waals surface area contributed by atoms with E-state index in [-0.39, 0.29) is 4.75 Å². The van der Waals surface area contributed by atoms with E-state index in [1.165, 1.54) is 19.3 Å². The Balaban J connectivity index is 2.63. The highest BCUT2D eigenvalue weighted by molar-refractivity contribution is 7.81. The van der Waals surface area contributed by atoms with Crippen LogP contribution >= 0.6 is 12.6 Å². The molecule has 0 amide bonds. The Kier molecular flexibility index (Phi) is 3.70. The largest absolute Gasteiger partial charge is 0.381 e. The normalized spacial score (nSPS) is 36.2. The molecule has 0 aromatic heterocycles. The van der Waals surface area contributed by atoms with Crippen LogP contribution in [0.5, 0.6) is 0 Å². The first-order valence-corrected chi connectivity index (χ1v) is 5.65. The van der Waals surface area contributed by atoms with Gasteiger partial charge in [-0.05, 0) is 24.7 Å². The van der Waals surface area contributed by atoms with E-state index in [1.54, 1.807) is 0 Å². The van der Waals surface area contributed by atoms with Crippen molar-refractivity contribution in [3.8, 4) is 0 Å². The molecule has 3 unspecified atom stereocenters. The van der Waals surface area contributed by atoms with Crippen molar-refractivity contribution in [3.05, 3.63) is 0 Å². The van der Waals surface area contributed by atoms with E-state index in [1.807, 2.05) is 7.11 Å². The zero-order valence-corrected chi connectivity index (χ0v) is 10.1. The molecule has 0 radical (unpaired) electrons. The molecule has 0 aromatic rings. The monoisotopic (exact) mass is 202 g/mol. The van der Waals surface area contributed by atoms with Crippen LogP contribution in [-0.4, -0.2) is 18.0 Å². The molecule has 0 heterocycles. The second-order valence-electron chi connectivity index (χ2n) is 4.95. The van der Waals surface area contributed by atoms with Crippen LogP contribution in [0.4, 0.5) is 0 Å². The van der Waals surface area contributed by atoms with Crippen LogP contribution in [0.25, 0.3) is 0 Å². The summed E-state index contributed by atoms with van der Waals surface area (Å²) in [5.41, 5.74) is 0. The lowest BCUT2D eigenvalue weighted by atomic mass is 9.75. The van der Waals surface area contributed by atoms with Gasteiger partial charge >= 0.3 is 0 Å². The maximum atomic E-state index is 5.55. The van der Waals surface area contributed by atoms with Crippen molar-refractivity contribution in [2.24, 2.45) is 11.8 Å². The highest BCUT2D eigenvalue weighted by Crippen LogP contribution is 2.39. The standard InChI is InChI=1S/C11H22OS/c1-8-5-6-9(11(2,3)13)10(7-8)12-4/h8-10,13H,5-7H2,1-4H3. The van der Waals surface area contributed by atoms with Crippen molar-refractivity contribution < 1.29 is 4.74 Å². The number of methoxy groups -OCH3 is 1. The molecule has 3 atom stereocenters. The Morgan fingerprint density at radius 2 is 1.92 bits per heavy atom. The number of hydrogen-bond donors (Lipinski definition) is 1. The minimum atomic E-state index is 0.0980. The number of ether oxygens (including phenoxy) is 1. The zero-order chi connectivity index (χ0) is 10.1. The summed E-state index contributed by atoms with van der Waals surface area (Å²) in [5.74, 6) is 1.42. The summed E-state index contributed by atoms with van der Waals surface area (Å²) in [7, 11) is 1.83. The minimum absolute atomic E-state index is 0.0980. The smallest absolute Gasteiger partial charge is 0.0615 e. The van der Waals surface area contributed by atoms with Gasteiger partial charge in [-0.1, -0.05) is 27.2 Å². The lowest BCUT2D eigenvalue weighted by molar-refractivity contribution is -0.00285. The van der Waals surface area contributed by atoms with Crippen LogP contribution in [-0.2, 0) is 4.74 Å². The molecule has 0 aliphatic heterocycles. The van der Waals surface area contributed by atoms with Gasteiger partial charge in [0.1, 0.15) is 0 Å². The van der Waals surface area contributed by atoms with E-state index in [9.17, 15) is 0 Å². The van der Waals surface area contributed by atoms with Crippen LogP contribution in [0, 0.1) is 11.8 Å². The summed E-state index contributed by atoms with van der Waals surface area (Å²) in [5, 5.41) is 0. The van der Waals surface area contributed by atoms with Crippen LogP contribution in [0.15, 0.2) is 0 Å². The van der Waals surface area contributed by atoms with Gasteiger partial charge in [0, 0.05) is 11.9 Å². The third-order valence-corrected chi connectivity index (χ3v) is 3.60. The minimum Gasteiger partial charge on any atom is -0.381 e. The van der Waals surface area contributed by atoms with Gasteiger partial charge in [-0.2, -0.15) is 12.6 Å². The first kappa shape index (κ1) is 11.4.